The monoisotopic (exact) mass is 445 g/mol. The van der Waals surface area contributed by atoms with E-state index in [9.17, 15) is 4.79 Å². The van der Waals surface area contributed by atoms with Gasteiger partial charge in [0.15, 0.2) is 0 Å². The van der Waals surface area contributed by atoms with Gasteiger partial charge in [0.25, 0.3) is 5.91 Å². The third-order valence-electron chi connectivity index (χ3n) is 2.79. The highest BCUT2D eigenvalue weighted by Crippen LogP contribution is 2.35. The number of hydrogen-bond acceptors (Lipinski definition) is 2. The van der Waals surface area contributed by atoms with Gasteiger partial charge in [0, 0.05) is 15.6 Å². The van der Waals surface area contributed by atoms with Gasteiger partial charge in [0.2, 0.25) is 10.0 Å². The third kappa shape index (κ3) is 5.48. The molecule has 0 heterocycles. The fourth-order valence-corrected chi connectivity index (χ4v) is 2.65. The van der Waals surface area contributed by atoms with Crippen molar-refractivity contribution in [2.24, 2.45) is 0 Å². The van der Waals surface area contributed by atoms with Crippen molar-refractivity contribution in [3.8, 4) is 5.75 Å². The molecular formula is C15H9Cl6NO2. The molecule has 0 aliphatic heterocycles. The van der Waals surface area contributed by atoms with Crippen LogP contribution in [0.25, 0.3) is 0 Å². The van der Waals surface area contributed by atoms with Crippen molar-refractivity contribution >= 4 is 75.5 Å². The summed E-state index contributed by atoms with van der Waals surface area (Å²) in [6.07, 6.45) is -1.30. The quantitative estimate of drug-likeness (QED) is 0.450. The van der Waals surface area contributed by atoms with Crippen LogP contribution in [0.1, 0.15) is 10.4 Å². The number of nitrogens with one attached hydrogen (secondary N) is 1. The van der Waals surface area contributed by atoms with Crippen LogP contribution in [-0.4, -0.2) is 15.9 Å². The molecule has 2 aromatic carbocycles. The molecule has 0 saturated heterocycles. The summed E-state index contributed by atoms with van der Waals surface area (Å²) in [4.78, 5) is 12.3. The van der Waals surface area contributed by atoms with Crippen molar-refractivity contribution in [1.82, 2.24) is 5.32 Å². The van der Waals surface area contributed by atoms with Gasteiger partial charge in [-0.15, -0.1) is 0 Å². The number of ether oxygens (including phenoxy) is 1. The van der Waals surface area contributed by atoms with E-state index in [1.54, 1.807) is 24.3 Å². The molecule has 1 atom stereocenters. The Morgan fingerprint density at radius 1 is 1.00 bits per heavy atom. The minimum atomic E-state index is -1.95. The number of halogens is 6. The van der Waals surface area contributed by atoms with Crippen LogP contribution in [0.3, 0.4) is 0 Å². The molecule has 3 nitrogen and oxygen atoms in total. The van der Waals surface area contributed by atoms with Crippen LogP contribution in [0.4, 0.5) is 0 Å². The summed E-state index contributed by atoms with van der Waals surface area (Å²) in [7, 11) is 0. The molecule has 1 amide bonds. The molecule has 128 valence electrons. The molecule has 0 radical (unpaired) electrons. The smallest absolute Gasteiger partial charge is 0.254 e. The lowest BCUT2D eigenvalue weighted by molar-refractivity contribution is 0.0833. The fraction of sp³-hybridized carbons (Fsp3) is 0.133. The summed E-state index contributed by atoms with van der Waals surface area (Å²) in [5.41, 5.74) is 0.285. The first-order chi connectivity index (χ1) is 11.2. The molecule has 0 saturated carbocycles. The summed E-state index contributed by atoms with van der Waals surface area (Å²) in [5.74, 6) is -0.331. The van der Waals surface area contributed by atoms with Gasteiger partial charge in [0.05, 0.1) is 5.02 Å². The fourth-order valence-electron chi connectivity index (χ4n) is 1.71. The lowest BCUT2D eigenvalue weighted by Gasteiger charge is -2.26. The molecule has 0 fully saturated rings. The normalized spacial score (nSPS) is 12.6. The predicted molar refractivity (Wildman–Crippen MR) is 100 cm³/mol. The Hall–Kier alpha value is -0.550. The van der Waals surface area contributed by atoms with E-state index in [0.29, 0.717) is 10.0 Å². The van der Waals surface area contributed by atoms with E-state index >= 15 is 0 Å². The van der Waals surface area contributed by atoms with E-state index in [0.717, 1.165) is 0 Å². The lowest BCUT2D eigenvalue weighted by Crippen LogP contribution is -2.47. The first-order valence-corrected chi connectivity index (χ1v) is 8.68. The largest absolute Gasteiger partial charge is 0.464 e. The van der Waals surface area contributed by atoms with E-state index < -0.39 is 15.9 Å². The van der Waals surface area contributed by atoms with Crippen LogP contribution < -0.4 is 10.1 Å². The molecule has 0 aliphatic carbocycles. The van der Waals surface area contributed by atoms with Crippen LogP contribution in [0, 0.1) is 0 Å². The van der Waals surface area contributed by atoms with E-state index in [4.69, 9.17) is 74.3 Å². The van der Waals surface area contributed by atoms with E-state index in [1.807, 2.05) is 0 Å². The Balaban J connectivity index is 2.21. The molecule has 0 aliphatic rings. The molecule has 0 spiro atoms. The van der Waals surface area contributed by atoms with Crippen molar-refractivity contribution in [2.75, 3.05) is 0 Å². The number of hydrogen-bond donors (Lipinski definition) is 1. The summed E-state index contributed by atoms with van der Waals surface area (Å²) >= 11 is 35.4. The number of carbonyl (C=O) groups is 1. The van der Waals surface area contributed by atoms with Crippen molar-refractivity contribution in [3.63, 3.8) is 0 Å². The Morgan fingerprint density at radius 2 is 1.67 bits per heavy atom. The SMILES string of the molecule is O=C(N[C@@H](Oc1ccc(Cl)cc1Cl)C(Cl)(Cl)Cl)c1cccc(Cl)c1. The van der Waals surface area contributed by atoms with Crippen molar-refractivity contribution in [3.05, 3.63) is 63.1 Å². The number of benzene rings is 2. The van der Waals surface area contributed by atoms with Crippen LogP contribution >= 0.6 is 69.6 Å². The van der Waals surface area contributed by atoms with Crippen LogP contribution in [0.5, 0.6) is 5.75 Å². The molecule has 1 N–H and O–H groups in total. The highest BCUT2D eigenvalue weighted by Gasteiger charge is 2.36. The number of alkyl halides is 3. The number of amides is 1. The van der Waals surface area contributed by atoms with Gasteiger partial charge in [-0.05, 0) is 36.4 Å². The van der Waals surface area contributed by atoms with Gasteiger partial charge < -0.3 is 10.1 Å². The van der Waals surface area contributed by atoms with Gasteiger partial charge >= 0.3 is 0 Å². The second-order valence-corrected chi connectivity index (χ2v) is 8.25. The zero-order valence-corrected chi connectivity index (χ0v) is 16.2. The molecule has 2 rings (SSSR count). The second-order valence-electron chi connectivity index (χ2n) is 4.60. The molecular weight excluding hydrogens is 439 g/mol. The summed E-state index contributed by atoms with van der Waals surface area (Å²) in [5, 5.41) is 3.51. The molecule has 9 heteroatoms. The van der Waals surface area contributed by atoms with Gasteiger partial charge in [-0.3, -0.25) is 4.79 Å². The molecule has 0 bridgehead atoms. The van der Waals surface area contributed by atoms with Crippen LogP contribution in [0.2, 0.25) is 15.1 Å². The molecule has 0 aromatic heterocycles. The van der Waals surface area contributed by atoms with Gasteiger partial charge in [-0.2, -0.15) is 0 Å². The van der Waals surface area contributed by atoms with Crippen molar-refractivity contribution < 1.29 is 9.53 Å². The zero-order chi connectivity index (χ0) is 17.9. The second kappa shape index (κ2) is 8.22. The highest BCUT2D eigenvalue weighted by atomic mass is 35.6. The lowest BCUT2D eigenvalue weighted by atomic mass is 10.2. The minimum absolute atomic E-state index is 0.198. The Labute approximate surface area is 168 Å². The van der Waals surface area contributed by atoms with Gasteiger partial charge in [-0.25, -0.2) is 0 Å². The summed E-state index contributed by atoms with van der Waals surface area (Å²) in [6.45, 7) is 0. The first-order valence-electron chi connectivity index (χ1n) is 6.41. The standard InChI is InChI=1S/C15H9Cl6NO2/c16-9-3-1-2-8(6-9)13(23)22-14(15(19,20)21)24-12-5-4-10(17)7-11(12)18/h1-7,14H,(H,22,23)/t14-/m0/s1. The van der Waals surface area contributed by atoms with Gasteiger partial charge in [0.1, 0.15) is 5.75 Å². The average molecular weight is 448 g/mol. The Morgan fingerprint density at radius 3 is 2.25 bits per heavy atom. The maximum Gasteiger partial charge on any atom is 0.254 e. The van der Waals surface area contributed by atoms with E-state index in [1.165, 1.54) is 18.2 Å². The van der Waals surface area contributed by atoms with E-state index in [2.05, 4.69) is 5.32 Å². The molecule has 24 heavy (non-hydrogen) atoms. The molecule has 0 unspecified atom stereocenters. The maximum atomic E-state index is 12.3. The Bertz CT molecular complexity index is 747. The number of rotatable bonds is 4. The topological polar surface area (TPSA) is 38.3 Å². The van der Waals surface area contributed by atoms with Crippen LogP contribution in [0.15, 0.2) is 42.5 Å². The summed E-state index contributed by atoms with van der Waals surface area (Å²) in [6, 6.07) is 10.8. The first kappa shape index (κ1) is 19.8. The highest BCUT2D eigenvalue weighted by molar-refractivity contribution is 6.68. The molecule has 2 aromatic rings. The van der Waals surface area contributed by atoms with Crippen LogP contribution in [-0.2, 0) is 0 Å². The predicted octanol–water partition coefficient (Wildman–Crippen LogP) is 6.15. The third-order valence-corrected chi connectivity index (χ3v) is 4.15. The van der Waals surface area contributed by atoms with Crippen molar-refractivity contribution in [1.29, 1.82) is 0 Å². The maximum absolute atomic E-state index is 12.3. The minimum Gasteiger partial charge on any atom is -0.464 e. The number of carbonyl (C=O) groups excluding carboxylic acids is 1. The zero-order valence-electron chi connectivity index (χ0n) is 11.7. The Kier molecular flexibility index (Phi) is 6.77. The van der Waals surface area contributed by atoms with Crippen molar-refractivity contribution in [2.45, 2.75) is 10.0 Å². The average Bonchev–Trinajstić information content (AvgIpc) is 2.48. The van der Waals surface area contributed by atoms with Gasteiger partial charge in [-0.1, -0.05) is 75.7 Å². The summed E-state index contributed by atoms with van der Waals surface area (Å²) < 4.78 is 3.59. The van der Waals surface area contributed by atoms with E-state index in [-0.39, 0.29) is 16.3 Å².